The number of ether oxygens (including phenoxy) is 1. The number of rotatable bonds is 7. The molecule has 0 aliphatic carbocycles. The van der Waals surface area contributed by atoms with Crippen LogP contribution in [0.25, 0.3) is 0 Å². The van der Waals surface area contributed by atoms with Gasteiger partial charge >= 0.3 is 0 Å². The van der Waals surface area contributed by atoms with Crippen molar-refractivity contribution in [1.82, 2.24) is 10.9 Å². The summed E-state index contributed by atoms with van der Waals surface area (Å²) in [7, 11) is 0. The Hall–Kier alpha value is -2.67. The van der Waals surface area contributed by atoms with E-state index in [1.54, 1.807) is 12.1 Å². The lowest BCUT2D eigenvalue weighted by Gasteiger charge is -2.09. The summed E-state index contributed by atoms with van der Waals surface area (Å²) >= 11 is 1.34. The summed E-state index contributed by atoms with van der Waals surface area (Å²) in [4.78, 5) is 35.8. The molecule has 6 nitrogen and oxygen atoms in total. The maximum Gasteiger partial charge on any atom is 0.276 e. The lowest BCUT2D eigenvalue weighted by atomic mass is 10.1. The summed E-state index contributed by atoms with van der Waals surface area (Å²) in [6.07, 6.45) is 0.107. The standard InChI is InChI=1S/C18H20N2O4S/c1-12-8-13(2)10-14(9-12)24-11-18(23)20-19-17(22)6-5-15(21)16-4-3-7-25-16/h3-4,7-10H,5-6,11H2,1-2H3,(H,19,22)(H,20,23). The minimum atomic E-state index is -0.475. The average molecular weight is 360 g/mol. The molecule has 1 aromatic carbocycles. The van der Waals surface area contributed by atoms with Gasteiger partial charge in [-0.05, 0) is 48.6 Å². The number of hydrogen-bond donors (Lipinski definition) is 2. The number of hydrazine groups is 1. The van der Waals surface area contributed by atoms with Crippen LogP contribution in [0, 0.1) is 13.8 Å². The highest BCUT2D eigenvalue weighted by Crippen LogP contribution is 2.16. The molecule has 0 aliphatic heterocycles. The van der Waals surface area contributed by atoms with Crippen molar-refractivity contribution in [1.29, 1.82) is 0 Å². The van der Waals surface area contributed by atoms with Gasteiger partial charge in [0.2, 0.25) is 5.91 Å². The Balaban J connectivity index is 1.67. The van der Waals surface area contributed by atoms with Gasteiger partial charge in [0.15, 0.2) is 12.4 Å². The first-order valence-corrected chi connectivity index (χ1v) is 8.67. The normalized spacial score (nSPS) is 10.2. The molecule has 2 aromatic rings. The van der Waals surface area contributed by atoms with Crippen molar-refractivity contribution < 1.29 is 19.1 Å². The highest BCUT2D eigenvalue weighted by molar-refractivity contribution is 7.12. The van der Waals surface area contributed by atoms with Crippen LogP contribution in [-0.2, 0) is 9.59 Å². The van der Waals surface area contributed by atoms with Crippen LogP contribution < -0.4 is 15.6 Å². The molecule has 0 saturated carbocycles. The summed E-state index contributed by atoms with van der Waals surface area (Å²) in [6.45, 7) is 3.67. The number of thiophene rings is 1. The third-order valence-corrected chi connectivity index (χ3v) is 4.19. The summed E-state index contributed by atoms with van der Waals surface area (Å²) in [5, 5.41) is 1.81. The van der Waals surface area contributed by atoms with Gasteiger partial charge in [-0.15, -0.1) is 11.3 Å². The zero-order chi connectivity index (χ0) is 18.2. The number of nitrogens with one attached hydrogen (secondary N) is 2. The van der Waals surface area contributed by atoms with Crippen LogP contribution in [0.2, 0.25) is 0 Å². The van der Waals surface area contributed by atoms with Gasteiger partial charge in [0.05, 0.1) is 4.88 Å². The molecule has 7 heteroatoms. The molecule has 0 radical (unpaired) electrons. The van der Waals surface area contributed by atoms with Crippen molar-refractivity contribution in [2.75, 3.05) is 6.61 Å². The first kappa shape index (κ1) is 18.7. The molecule has 2 N–H and O–H groups in total. The molecule has 0 spiro atoms. The molecule has 0 bridgehead atoms. The summed E-state index contributed by atoms with van der Waals surface area (Å²) in [5.41, 5.74) is 6.62. The predicted octanol–water partition coefficient (Wildman–Crippen LogP) is 2.55. The molecular weight excluding hydrogens is 340 g/mol. The van der Waals surface area contributed by atoms with Crippen molar-refractivity contribution in [2.24, 2.45) is 0 Å². The quantitative estimate of drug-likeness (QED) is 0.587. The minimum Gasteiger partial charge on any atom is -0.484 e. The summed E-state index contributed by atoms with van der Waals surface area (Å²) in [6, 6.07) is 9.17. The fraction of sp³-hybridized carbons (Fsp3) is 0.278. The van der Waals surface area contributed by atoms with E-state index in [9.17, 15) is 14.4 Å². The Bertz CT molecular complexity index is 736. The van der Waals surface area contributed by atoms with E-state index in [4.69, 9.17) is 4.74 Å². The van der Waals surface area contributed by atoms with Crippen molar-refractivity contribution in [3.8, 4) is 5.75 Å². The lowest BCUT2D eigenvalue weighted by Crippen LogP contribution is -2.43. The van der Waals surface area contributed by atoms with E-state index in [1.807, 2.05) is 37.4 Å². The van der Waals surface area contributed by atoms with Crippen molar-refractivity contribution >= 4 is 28.9 Å². The summed E-state index contributed by atoms with van der Waals surface area (Å²) < 4.78 is 5.39. The van der Waals surface area contributed by atoms with E-state index in [1.165, 1.54) is 11.3 Å². The van der Waals surface area contributed by atoms with Crippen LogP contribution in [0.15, 0.2) is 35.7 Å². The van der Waals surface area contributed by atoms with E-state index >= 15 is 0 Å². The van der Waals surface area contributed by atoms with Gasteiger partial charge in [-0.25, -0.2) is 0 Å². The average Bonchev–Trinajstić information content (AvgIpc) is 3.09. The van der Waals surface area contributed by atoms with Crippen LogP contribution in [0.3, 0.4) is 0 Å². The second kappa shape index (κ2) is 8.98. The van der Waals surface area contributed by atoms with E-state index in [0.29, 0.717) is 10.6 Å². The van der Waals surface area contributed by atoms with Gasteiger partial charge in [0.1, 0.15) is 5.75 Å². The predicted molar refractivity (Wildman–Crippen MR) is 95.6 cm³/mol. The lowest BCUT2D eigenvalue weighted by molar-refractivity contribution is -0.130. The molecular formula is C18H20N2O4S. The zero-order valence-corrected chi connectivity index (χ0v) is 14.9. The largest absolute Gasteiger partial charge is 0.484 e. The fourth-order valence-electron chi connectivity index (χ4n) is 2.19. The minimum absolute atomic E-state index is 0.00887. The monoisotopic (exact) mass is 360 g/mol. The van der Waals surface area contributed by atoms with Crippen LogP contribution in [-0.4, -0.2) is 24.2 Å². The number of aryl methyl sites for hydroxylation is 2. The van der Waals surface area contributed by atoms with Crippen molar-refractivity contribution in [2.45, 2.75) is 26.7 Å². The SMILES string of the molecule is Cc1cc(C)cc(OCC(=O)NNC(=O)CCC(=O)c2cccs2)c1. The number of hydrogen-bond acceptors (Lipinski definition) is 5. The molecule has 132 valence electrons. The first-order chi connectivity index (χ1) is 11.9. The van der Waals surface area contributed by atoms with Gasteiger partial charge < -0.3 is 4.74 Å². The molecule has 1 aromatic heterocycles. The molecule has 25 heavy (non-hydrogen) atoms. The molecule has 0 saturated heterocycles. The number of carbonyl (C=O) groups excluding carboxylic acids is 3. The van der Waals surface area contributed by atoms with Crippen LogP contribution in [0.1, 0.15) is 33.6 Å². The Morgan fingerprint density at radius 2 is 1.68 bits per heavy atom. The van der Waals surface area contributed by atoms with Crippen LogP contribution >= 0.6 is 11.3 Å². The van der Waals surface area contributed by atoms with Crippen LogP contribution in [0.5, 0.6) is 5.75 Å². The second-order valence-corrected chi connectivity index (χ2v) is 6.56. The van der Waals surface area contributed by atoms with Gasteiger partial charge in [-0.3, -0.25) is 25.2 Å². The molecule has 2 amide bonds. The van der Waals surface area contributed by atoms with E-state index in [0.717, 1.165) is 11.1 Å². The van der Waals surface area contributed by atoms with E-state index in [-0.39, 0.29) is 25.2 Å². The Morgan fingerprint density at radius 1 is 1.00 bits per heavy atom. The molecule has 0 aliphatic rings. The van der Waals surface area contributed by atoms with Crippen molar-refractivity contribution in [3.05, 3.63) is 51.7 Å². The van der Waals surface area contributed by atoms with Crippen LogP contribution in [0.4, 0.5) is 0 Å². The maximum absolute atomic E-state index is 11.8. The van der Waals surface area contributed by atoms with Gasteiger partial charge in [-0.2, -0.15) is 0 Å². The van der Waals surface area contributed by atoms with Gasteiger partial charge in [0, 0.05) is 12.8 Å². The fourth-order valence-corrected chi connectivity index (χ4v) is 2.88. The van der Waals surface area contributed by atoms with Gasteiger partial charge in [-0.1, -0.05) is 12.1 Å². The number of amides is 2. The Labute approximate surface area is 150 Å². The topological polar surface area (TPSA) is 84.5 Å². The molecule has 0 atom stereocenters. The number of ketones is 1. The Morgan fingerprint density at radius 3 is 2.32 bits per heavy atom. The highest BCUT2D eigenvalue weighted by Gasteiger charge is 2.11. The first-order valence-electron chi connectivity index (χ1n) is 7.79. The maximum atomic E-state index is 11.8. The third kappa shape index (κ3) is 6.39. The smallest absolute Gasteiger partial charge is 0.276 e. The molecule has 1 heterocycles. The highest BCUT2D eigenvalue weighted by atomic mass is 32.1. The second-order valence-electron chi connectivity index (χ2n) is 5.61. The molecule has 0 unspecified atom stereocenters. The Kier molecular flexibility index (Phi) is 6.71. The molecule has 2 rings (SSSR count). The van der Waals surface area contributed by atoms with Crippen molar-refractivity contribution in [3.63, 3.8) is 0 Å². The zero-order valence-electron chi connectivity index (χ0n) is 14.1. The number of Topliss-reactive ketones (excluding diaryl/α,β-unsaturated/α-hetero) is 1. The number of carbonyl (C=O) groups is 3. The third-order valence-electron chi connectivity index (χ3n) is 3.28. The van der Waals surface area contributed by atoms with E-state index in [2.05, 4.69) is 10.9 Å². The van der Waals surface area contributed by atoms with Gasteiger partial charge in [0.25, 0.3) is 5.91 Å². The number of benzene rings is 1. The summed E-state index contributed by atoms with van der Waals surface area (Å²) in [5.74, 6) is -0.392. The molecule has 0 fully saturated rings. The van der Waals surface area contributed by atoms with E-state index < -0.39 is 11.8 Å².